The van der Waals surface area contributed by atoms with E-state index in [0.717, 1.165) is 31.5 Å². The normalized spacial score (nSPS) is 20.8. The summed E-state index contributed by atoms with van der Waals surface area (Å²) in [6, 6.07) is 5.75. The highest BCUT2D eigenvalue weighted by Crippen LogP contribution is 2.31. The van der Waals surface area contributed by atoms with Crippen molar-refractivity contribution in [1.82, 2.24) is 15.1 Å². The van der Waals surface area contributed by atoms with Gasteiger partial charge in [0.25, 0.3) is 0 Å². The van der Waals surface area contributed by atoms with E-state index < -0.39 is 0 Å². The summed E-state index contributed by atoms with van der Waals surface area (Å²) < 4.78 is 13.0. The minimum Gasteiger partial charge on any atom is -0.348 e. The van der Waals surface area contributed by atoms with E-state index in [1.807, 2.05) is 18.7 Å². The zero-order valence-electron chi connectivity index (χ0n) is 14.9. The molecule has 1 heterocycles. The van der Waals surface area contributed by atoms with Crippen molar-refractivity contribution in [3.63, 3.8) is 0 Å². The second-order valence-corrected chi connectivity index (χ2v) is 7.09. The number of hydrogen-bond acceptors (Lipinski definition) is 3. The van der Waals surface area contributed by atoms with Gasteiger partial charge in [-0.2, -0.15) is 0 Å². The summed E-state index contributed by atoms with van der Waals surface area (Å²) in [6.07, 6.45) is 2.05. The molecule has 0 spiro atoms. The molecular formula is C19H26FN3O2. The van der Waals surface area contributed by atoms with Crippen molar-refractivity contribution in [3.8, 4) is 0 Å². The Labute approximate surface area is 148 Å². The van der Waals surface area contributed by atoms with Crippen LogP contribution < -0.4 is 5.32 Å². The molecule has 2 aliphatic rings. The van der Waals surface area contributed by atoms with Gasteiger partial charge in [0.15, 0.2) is 0 Å². The smallest absolute Gasteiger partial charge is 0.237 e. The van der Waals surface area contributed by atoms with Crippen LogP contribution in [0.3, 0.4) is 0 Å². The summed E-state index contributed by atoms with van der Waals surface area (Å²) in [5.74, 6) is 0.207. The molecule has 1 aliphatic heterocycles. The van der Waals surface area contributed by atoms with Gasteiger partial charge in [0, 0.05) is 32.1 Å². The van der Waals surface area contributed by atoms with E-state index >= 15 is 0 Å². The minimum absolute atomic E-state index is 0.0428. The zero-order valence-corrected chi connectivity index (χ0v) is 14.9. The van der Waals surface area contributed by atoms with Crippen LogP contribution in [-0.2, 0) is 9.59 Å². The quantitative estimate of drug-likeness (QED) is 0.886. The van der Waals surface area contributed by atoms with Gasteiger partial charge >= 0.3 is 0 Å². The van der Waals surface area contributed by atoms with Gasteiger partial charge in [-0.15, -0.1) is 0 Å². The van der Waals surface area contributed by atoms with E-state index in [0.29, 0.717) is 13.1 Å². The number of nitrogens with one attached hydrogen (secondary N) is 1. The molecule has 1 saturated heterocycles. The van der Waals surface area contributed by atoms with Crippen LogP contribution in [0.1, 0.15) is 38.3 Å². The number of hydrogen-bond donors (Lipinski definition) is 1. The number of amides is 2. The number of carbonyl (C=O) groups excluding carboxylic acids is 2. The summed E-state index contributed by atoms with van der Waals surface area (Å²) >= 11 is 0. The monoisotopic (exact) mass is 347 g/mol. The standard InChI is InChI=1S/C19H26FN3O2/c1-13(15-5-7-17(20)8-6-15)21-18(24)14(2)22-9-11-23(12-10-22)19(25)16-3-4-16/h5-8,13-14,16H,3-4,9-12H2,1-2H3,(H,21,24)/t13-,14+/m1/s1. The summed E-state index contributed by atoms with van der Waals surface area (Å²) in [5.41, 5.74) is 0.877. The highest BCUT2D eigenvalue weighted by Gasteiger charge is 2.35. The van der Waals surface area contributed by atoms with E-state index in [4.69, 9.17) is 0 Å². The molecule has 1 aliphatic carbocycles. The first-order chi connectivity index (χ1) is 12.0. The average Bonchev–Trinajstić information content (AvgIpc) is 3.46. The lowest BCUT2D eigenvalue weighted by Gasteiger charge is -2.37. The Kier molecular flexibility index (Phi) is 5.37. The fraction of sp³-hybridized carbons (Fsp3) is 0.579. The van der Waals surface area contributed by atoms with Crippen LogP contribution in [0.2, 0.25) is 0 Å². The van der Waals surface area contributed by atoms with Crippen LogP contribution in [0.15, 0.2) is 24.3 Å². The number of carbonyl (C=O) groups is 2. The highest BCUT2D eigenvalue weighted by atomic mass is 19.1. The number of rotatable bonds is 5. The van der Waals surface area contributed by atoms with Gasteiger partial charge in [0.1, 0.15) is 5.82 Å². The van der Waals surface area contributed by atoms with Gasteiger partial charge in [-0.25, -0.2) is 4.39 Å². The molecule has 2 amide bonds. The molecule has 5 nitrogen and oxygen atoms in total. The maximum absolute atomic E-state index is 13.0. The van der Waals surface area contributed by atoms with E-state index in [1.54, 1.807) is 12.1 Å². The maximum atomic E-state index is 13.0. The fourth-order valence-corrected chi connectivity index (χ4v) is 3.25. The van der Waals surface area contributed by atoms with Crippen LogP contribution in [0, 0.1) is 11.7 Å². The predicted octanol–water partition coefficient (Wildman–Crippen LogP) is 1.95. The molecule has 136 valence electrons. The van der Waals surface area contributed by atoms with Crippen molar-refractivity contribution in [2.75, 3.05) is 26.2 Å². The third-order valence-electron chi connectivity index (χ3n) is 5.21. The van der Waals surface area contributed by atoms with E-state index in [-0.39, 0.29) is 35.6 Å². The molecule has 2 atom stereocenters. The largest absolute Gasteiger partial charge is 0.348 e. The average molecular weight is 347 g/mol. The molecule has 0 aromatic heterocycles. The van der Waals surface area contributed by atoms with Crippen molar-refractivity contribution in [1.29, 1.82) is 0 Å². The summed E-state index contributed by atoms with van der Waals surface area (Å²) in [4.78, 5) is 28.7. The topological polar surface area (TPSA) is 52.7 Å². The lowest BCUT2D eigenvalue weighted by Crippen LogP contribution is -2.55. The molecule has 1 saturated carbocycles. The first kappa shape index (κ1) is 17.9. The van der Waals surface area contributed by atoms with Crippen LogP contribution in [0.25, 0.3) is 0 Å². The van der Waals surface area contributed by atoms with Gasteiger partial charge in [-0.3, -0.25) is 14.5 Å². The van der Waals surface area contributed by atoms with Gasteiger partial charge in [0.2, 0.25) is 11.8 Å². The lowest BCUT2D eigenvalue weighted by molar-refractivity contribution is -0.135. The Morgan fingerprint density at radius 3 is 2.24 bits per heavy atom. The Balaban J connectivity index is 1.49. The maximum Gasteiger partial charge on any atom is 0.237 e. The Morgan fingerprint density at radius 1 is 1.08 bits per heavy atom. The van der Waals surface area contributed by atoms with Gasteiger partial charge in [-0.05, 0) is 44.4 Å². The van der Waals surface area contributed by atoms with E-state index in [1.165, 1.54) is 12.1 Å². The Hall–Kier alpha value is -1.95. The molecule has 1 aromatic carbocycles. The van der Waals surface area contributed by atoms with E-state index in [9.17, 15) is 14.0 Å². The molecule has 3 rings (SSSR count). The van der Waals surface area contributed by atoms with Crippen LogP contribution >= 0.6 is 0 Å². The minimum atomic E-state index is -0.283. The third kappa shape index (κ3) is 4.37. The number of halogens is 1. The van der Waals surface area contributed by atoms with Gasteiger partial charge in [-0.1, -0.05) is 12.1 Å². The second-order valence-electron chi connectivity index (χ2n) is 7.09. The molecule has 25 heavy (non-hydrogen) atoms. The van der Waals surface area contributed by atoms with Gasteiger partial charge in [0.05, 0.1) is 12.1 Å². The van der Waals surface area contributed by atoms with Crippen molar-refractivity contribution >= 4 is 11.8 Å². The molecular weight excluding hydrogens is 321 g/mol. The third-order valence-corrected chi connectivity index (χ3v) is 5.21. The van der Waals surface area contributed by atoms with Crippen LogP contribution in [-0.4, -0.2) is 53.8 Å². The molecule has 2 fully saturated rings. The SMILES string of the molecule is C[C@@H](NC(=O)[C@H](C)N1CCN(C(=O)C2CC2)CC1)c1ccc(F)cc1. The summed E-state index contributed by atoms with van der Waals surface area (Å²) in [5, 5.41) is 2.99. The second kappa shape index (κ2) is 7.52. The van der Waals surface area contributed by atoms with Crippen molar-refractivity contribution in [2.45, 2.75) is 38.8 Å². The summed E-state index contributed by atoms with van der Waals surface area (Å²) in [7, 11) is 0. The number of nitrogens with zero attached hydrogens (tertiary/aromatic N) is 2. The van der Waals surface area contributed by atoms with Crippen molar-refractivity contribution in [3.05, 3.63) is 35.6 Å². The lowest BCUT2D eigenvalue weighted by atomic mass is 10.1. The summed E-state index contributed by atoms with van der Waals surface area (Å²) in [6.45, 7) is 6.62. The fourth-order valence-electron chi connectivity index (χ4n) is 3.25. The van der Waals surface area contributed by atoms with Crippen LogP contribution in [0.4, 0.5) is 4.39 Å². The Bertz CT molecular complexity index is 622. The van der Waals surface area contributed by atoms with Gasteiger partial charge < -0.3 is 10.2 Å². The highest BCUT2D eigenvalue weighted by molar-refractivity contribution is 5.82. The number of benzene rings is 1. The number of piperazine rings is 1. The Morgan fingerprint density at radius 2 is 1.68 bits per heavy atom. The molecule has 6 heteroatoms. The zero-order chi connectivity index (χ0) is 18.0. The predicted molar refractivity (Wildman–Crippen MR) is 93.3 cm³/mol. The molecule has 0 bridgehead atoms. The van der Waals surface area contributed by atoms with E-state index in [2.05, 4.69) is 10.2 Å². The molecule has 1 N–H and O–H groups in total. The van der Waals surface area contributed by atoms with Crippen LogP contribution in [0.5, 0.6) is 0 Å². The first-order valence-corrected chi connectivity index (χ1v) is 9.04. The molecule has 1 aromatic rings. The molecule has 0 radical (unpaired) electrons. The van der Waals surface area contributed by atoms with Crippen molar-refractivity contribution in [2.24, 2.45) is 5.92 Å². The molecule has 0 unspecified atom stereocenters. The first-order valence-electron chi connectivity index (χ1n) is 9.04. The van der Waals surface area contributed by atoms with Crippen molar-refractivity contribution < 1.29 is 14.0 Å².